The van der Waals surface area contributed by atoms with Crippen molar-refractivity contribution in [2.45, 2.75) is 23.6 Å². The number of hydrogen-bond donors (Lipinski definition) is 1. The molecule has 0 saturated carbocycles. The number of rotatable bonds is 5. The molecule has 0 amide bonds. The highest BCUT2D eigenvalue weighted by atomic mass is 32.2. The molecule has 0 bridgehead atoms. The number of ether oxygens (including phenoxy) is 1. The average molecular weight is 337 g/mol. The van der Waals surface area contributed by atoms with E-state index in [1.54, 1.807) is 44.0 Å². The van der Waals surface area contributed by atoms with Crippen molar-refractivity contribution < 1.29 is 13.2 Å². The predicted octanol–water partition coefficient (Wildman–Crippen LogP) is 3.83. The highest BCUT2D eigenvalue weighted by Crippen LogP contribution is 2.28. The molecule has 6 heteroatoms. The third-order valence-electron chi connectivity index (χ3n) is 3.52. The largest absolute Gasteiger partial charge is 0.496 e. The second-order valence-electron chi connectivity index (χ2n) is 4.85. The van der Waals surface area contributed by atoms with Gasteiger partial charge in [-0.05, 0) is 61.6 Å². The van der Waals surface area contributed by atoms with Gasteiger partial charge in [0, 0.05) is 10.6 Å². The second kappa shape index (κ2) is 6.62. The van der Waals surface area contributed by atoms with Gasteiger partial charge >= 0.3 is 0 Å². The lowest BCUT2D eigenvalue weighted by atomic mass is 10.1. The summed E-state index contributed by atoms with van der Waals surface area (Å²) in [4.78, 5) is 1.27. The van der Waals surface area contributed by atoms with Crippen LogP contribution in [0.25, 0.3) is 0 Å². The van der Waals surface area contributed by atoms with Crippen molar-refractivity contribution >= 4 is 27.5 Å². The average Bonchev–Trinajstić information content (AvgIpc) is 2.49. The molecule has 22 heavy (non-hydrogen) atoms. The third-order valence-corrected chi connectivity index (χ3v) is 5.77. The second-order valence-corrected chi connectivity index (χ2v) is 7.38. The molecule has 4 nitrogen and oxygen atoms in total. The summed E-state index contributed by atoms with van der Waals surface area (Å²) < 4.78 is 33.1. The number of benzene rings is 2. The molecule has 118 valence electrons. The molecular weight excluding hydrogens is 318 g/mol. The van der Waals surface area contributed by atoms with Gasteiger partial charge in [-0.25, -0.2) is 8.42 Å². The maximum Gasteiger partial charge on any atom is 0.262 e. The molecule has 0 atom stereocenters. The lowest BCUT2D eigenvalue weighted by molar-refractivity contribution is 0.411. The van der Waals surface area contributed by atoms with Gasteiger partial charge in [0.1, 0.15) is 5.75 Å². The lowest BCUT2D eigenvalue weighted by Gasteiger charge is -2.14. The van der Waals surface area contributed by atoms with E-state index in [1.807, 2.05) is 31.4 Å². The number of anilines is 1. The smallest absolute Gasteiger partial charge is 0.262 e. The molecule has 0 aliphatic heterocycles. The molecule has 0 saturated heterocycles. The zero-order valence-corrected chi connectivity index (χ0v) is 14.6. The van der Waals surface area contributed by atoms with Crippen LogP contribution in [0.15, 0.2) is 46.2 Å². The fraction of sp³-hybridized carbons (Fsp3) is 0.250. The quantitative estimate of drug-likeness (QED) is 0.842. The summed E-state index contributed by atoms with van der Waals surface area (Å²) in [6, 6.07) is 10.6. The summed E-state index contributed by atoms with van der Waals surface area (Å²) >= 11 is 1.56. The van der Waals surface area contributed by atoms with Gasteiger partial charge in [0.2, 0.25) is 0 Å². The Hall–Kier alpha value is -1.66. The first-order valence-corrected chi connectivity index (χ1v) is 9.41. The predicted molar refractivity (Wildman–Crippen MR) is 91.5 cm³/mol. The van der Waals surface area contributed by atoms with Gasteiger partial charge in [-0.2, -0.15) is 0 Å². The fourth-order valence-electron chi connectivity index (χ4n) is 2.18. The van der Waals surface area contributed by atoms with E-state index in [4.69, 9.17) is 4.74 Å². The van der Waals surface area contributed by atoms with E-state index >= 15 is 0 Å². The van der Waals surface area contributed by atoms with Crippen LogP contribution < -0.4 is 9.46 Å². The summed E-state index contributed by atoms with van der Waals surface area (Å²) in [6.45, 7) is 3.63. The highest BCUT2D eigenvalue weighted by molar-refractivity contribution is 7.98. The molecule has 0 aliphatic rings. The van der Waals surface area contributed by atoms with Crippen molar-refractivity contribution in [3.05, 3.63) is 47.5 Å². The zero-order valence-electron chi connectivity index (χ0n) is 13.0. The number of nitrogens with one attached hydrogen (secondary N) is 1. The summed E-state index contributed by atoms with van der Waals surface area (Å²) in [5.74, 6) is 0.681. The van der Waals surface area contributed by atoms with Crippen molar-refractivity contribution in [2.75, 3.05) is 18.1 Å². The third kappa shape index (κ3) is 3.39. The van der Waals surface area contributed by atoms with Gasteiger partial charge in [-0.1, -0.05) is 6.07 Å². The molecule has 2 rings (SSSR count). The van der Waals surface area contributed by atoms with E-state index < -0.39 is 10.0 Å². The van der Waals surface area contributed by atoms with E-state index in [2.05, 4.69) is 4.72 Å². The van der Waals surface area contributed by atoms with Gasteiger partial charge in [0.05, 0.1) is 12.0 Å². The Morgan fingerprint density at radius 2 is 1.82 bits per heavy atom. The summed E-state index contributed by atoms with van der Waals surface area (Å²) in [7, 11) is -2.06. The first kappa shape index (κ1) is 16.7. The van der Waals surface area contributed by atoms with E-state index in [0.29, 0.717) is 17.0 Å². The van der Waals surface area contributed by atoms with Crippen molar-refractivity contribution in [2.24, 2.45) is 0 Å². The van der Waals surface area contributed by atoms with Gasteiger partial charge in [0.25, 0.3) is 10.0 Å². The summed E-state index contributed by atoms with van der Waals surface area (Å²) in [5, 5.41) is 0. The molecule has 0 spiro atoms. The Morgan fingerprint density at radius 3 is 2.45 bits per heavy atom. The maximum atomic E-state index is 12.6. The Morgan fingerprint density at radius 1 is 1.09 bits per heavy atom. The van der Waals surface area contributed by atoms with Crippen LogP contribution in [0, 0.1) is 13.8 Å². The first-order chi connectivity index (χ1) is 10.4. The van der Waals surface area contributed by atoms with Crippen LogP contribution in [0.4, 0.5) is 5.69 Å². The monoisotopic (exact) mass is 337 g/mol. The van der Waals surface area contributed by atoms with Crippen molar-refractivity contribution in [1.82, 2.24) is 0 Å². The molecule has 1 N–H and O–H groups in total. The number of methoxy groups -OCH3 is 1. The Bertz CT molecular complexity index is 786. The van der Waals surface area contributed by atoms with E-state index in [9.17, 15) is 8.42 Å². The molecule has 0 fully saturated rings. The van der Waals surface area contributed by atoms with Crippen LogP contribution in [0.3, 0.4) is 0 Å². The number of sulfonamides is 1. The summed E-state index contributed by atoms with van der Waals surface area (Å²) in [5.41, 5.74) is 2.07. The normalized spacial score (nSPS) is 11.3. The van der Waals surface area contributed by atoms with Gasteiger partial charge in [-0.15, -0.1) is 11.8 Å². The van der Waals surface area contributed by atoms with Crippen LogP contribution in [0.1, 0.15) is 11.1 Å². The van der Waals surface area contributed by atoms with Crippen LogP contribution in [-0.4, -0.2) is 21.8 Å². The van der Waals surface area contributed by atoms with Gasteiger partial charge < -0.3 is 4.74 Å². The van der Waals surface area contributed by atoms with Gasteiger partial charge in [-0.3, -0.25) is 4.72 Å². The molecule has 0 radical (unpaired) electrons. The minimum atomic E-state index is -3.63. The standard InChI is InChI=1S/C16H19NO3S2/c1-11-12(2)16(9-8-15(11)20-3)22(18,19)17-13-6-5-7-14(10-13)21-4/h5-10,17H,1-4H3. The molecule has 0 aromatic heterocycles. The summed E-state index contributed by atoms with van der Waals surface area (Å²) in [6.07, 6.45) is 1.95. The van der Waals surface area contributed by atoms with Gasteiger partial charge in [0.15, 0.2) is 0 Å². The first-order valence-electron chi connectivity index (χ1n) is 6.70. The number of hydrogen-bond acceptors (Lipinski definition) is 4. The van der Waals surface area contributed by atoms with E-state index in [1.165, 1.54) is 0 Å². The van der Waals surface area contributed by atoms with Crippen LogP contribution in [0.2, 0.25) is 0 Å². The van der Waals surface area contributed by atoms with Crippen LogP contribution >= 0.6 is 11.8 Å². The maximum absolute atomic E-state index is 12.6. The topological polar surface area (TPSA) is 55.4 Å². The zero-order chi connectivity index (χ0) is 16.3. The molecule has 2 aromatic rings. The van der Waals surface area contributed by atoms with E-state index in [0.717, 1.165) is 10.5 Å². The van der Waals surface area contributed by atoms with E-state index in [-0.39, 0.29) is 4.90 Å². The Labute approximate surface area is 135 Å². The molecule has 2 aromatic carbocycles. The highest BCUT2D eigenvalue weighted by Gasteiger charge is 2.19. The molecular formula is C16H19NO3S2. The van der Waals surface area contributed by atoms with Crippen molar-refractivity contribution in [3.8, 4) is 5.75 Å². The van der Waals surface area contributed by atoms with Crippen LogP contribution in [0.5, 0.6) is 5.75 Å². The SMILES string of the molecule is COc1ccc(S(=O)(=O)Nc2cccc(SC)c2)c(C)c1C. The molecule has 0 heterocycles. The van der Waals surface area contributed by atoms with Crippen LogP contribution in [-0.2, 0) is 10.0 Å². The Kier molecular flexibility index (Phi) is 5.03. The molecule has 0 aliphatic carbocycles. The van der Waals surface area contributed by atoms with Crippen molar-refractivity contribution in [3.63, 3.8) is 0 Å². The molecule has 0 unspecified atom stereocenters. The number of thioether (sulfide) groups is 1. The lowest BCUT2D eigenvalue weighted by Crippen LogP contribution is -2.15. The minimum absolute atomic E-state index is 0.264. The van der Waals surface area contributed by atoms with Crippen molar-refractivity contribution in [1.29, 1.82) is 0 Å². The minimum Gasteiger partial charge on any atom is -0.496 e. The fourth-order valence-corrected chi connectivity index (χ4v) is 3.99. The Balaban J connectivity index is 2.40.